The van der Waals surface area contributed by atoms with Crippen molar-refractivity contribution >= 4 is 0 Å². The number of aryl methyl sites for hydroxylation is 1. The monoisotopic (exact) mass is 236 g/mol. The van der Waals surface area contributed by atoms with E-state index in [2.05, 4.69) is 15.5 Å². The molecule has 0 aliphatic carbocycles. The van der Waals surface area contributed by atoms with Crippen molar-refractivity contribution in [3.05, 3.63) is 11.6 Å². The lowest BCUT2D eigenvalue weighted by Gasteiger charge is -2.13. The number of halogens is 3. The van der Waals surface area contributed by atoms with Crippen LogP contribution in [0, 0.1) is 6.92 Å². The predicted octanol–water partition coefficient (Wildman–Crippen LogP) is 1.82. The van der Waals surface area contributed by atoms with E-state index in [0.717, 1.165) is 0 Å². The van der Waals surface area contributed by atoms with Gasteiger partial charge in [-0.2, -0.15) is 13.2 Å². The van der Waals surface area contributed by atoms with Crippen molar-refractivity contribution in [2.45, 2.75) is 39.5 Å². The minimum absolute atomic E-state index is 0.0680. The number of alkyl halides is 3. The van der Waals surface area contributed by atoms with Crippen LogP contribution in [0.25, 0.3) is 0 Å². The molecule has 4 nitrogen and oxygen atoms in total. The Kier molecular flexibility index (Phi) is 3.90. The number of aromatic nitrogens is 3. The Morgan fingerprint density at radius 2 is 1.94 bits per heavy atom. The van der Waals surface area contributed by atoms with E-state index in [1.165, 1.54) is 0 Å². The highest BCUT2D eigenvalue weighted by Gasteiger charge is 2.26. The summed E-state index contributed by atoms with van der Waals surface area (Å²) in [5.41, 5.74) is 0. The molecule has 0 amide bonds. The zero-order chi connectivity index (χ0) is 12.3. The van der Waals surface area contributed by atoms with Gasteiger partial charge in [-0.05, 0) is 20.8 Å². The van der Waals surface area contributed by atoms with Crippen LogP contribution >= 0.6 is 0 Å². The average molecular weight is 236 g/mol. The second-order valence-electron chi connectivity index (χ2n) is 3.85. The largest absolute Gasteiger partial charge is 0.401 e. The fraction of sp³-hybridized carbons (Fsp3) is 0.778. The van der Waals surface area contributed by atoms with Gasteiger partial charge in [0.15, 0.2) is 0 Å². The third-order valence-corrected chi connectivity index (χ3v) is 2.06. The van der Waals surface area contributed by atoms with Crippen molar-refractivity contribution in [2.24, 2.45) is 0 Å². The smallest absolute Gasteiger partial charge is 0.312 e. The third kappa shape index (κ3) is 3.48. The lowest BCUT2D eigenvalue weighted by atomic mass is 10.3. The maximum atomic E-state index is 11.9. The van der Waals surface area contributed by atoms with E-state index in [1.54, 1.807) is 6.92 Å². The highest BCUT2D eigenvalue weighted by atomic mass is 19.4. The van der Waals surface area contributed by atoms with Gasteiger partial charge in [-0.15, -0.1) is 10.2 Å². The normalized spacial score (nSPS) is 12.4. The Morgan fingerprint density at radius 3 is 2.44 bits per heavy atom. The molecule has 92 valence electrons. The molecule has 0 radical (unpaired) electrons. The average Bonchev–Trinajstić information content (AvgIpc) is 2.44. The zero-order valence-corrected chi connectivity index (χ0v) is 9.47. The maximum Gasteiger partial charge on any atom is 0.401 e. The minimum Gasteiger partial charge on any atom is -0.312 e. The first-order valence-corrected chi connectivity index (χ1v) is 4.99. The first-order chi connectivity index (χ1) is 7.31. The number of hydrogen-bond acceptors (Lipinski definition) is 3. The molecule has 0 aliphatic heterocycles. The lowest BCUT2D eigenvalue weighted by Crippen LogP contribution is -2.29. The number of nitrogens with zero attached hydrogens (tertiary/aromatic N) is 3. The van der Waals surface area contributed by atoms with Gasteiger partial charge in [0.1, 0.15) is 11.6 Å². The van der Waals surface area contributed by atoms with Gasteiger partial charge in [-0.1, -0.05) is 0 Å². The summed E-state index contributed by atoms with van der Waals surface area (Å²) in [6.45, 7) is 4.70. The fourth-order valence-corrected chi connectivity index (χ4v) is 1.52. The minimum atomic E-state index is -4.20. The molecule has 0 saturated heterocycles. The summed E-state index contributed by atoms with van der Waals surface area (Å²) in [6.07, 6.45) is -4.20. The van der Waals surface area contributed by atoms with Crippen molar-refractivity contribution in [3.8, 4) is 0 Å². The molecular weight excluding hydrogens is 221 g/mol. The fourth-order valence-electron chi connectivity index (χ4n) is 1.52. The second-order valence-corrected chi connectivity index (χ2v) is 3.85. The lowest BCUT2D eigenvalue weighted by molar-refractivity contribution is -0.125. The van der Waals surface area contributed by atoms with Gasteiger partial charge in [0.25, 0.3) is 0 Å². The van der Waals surface area contributed by atoms with Crippen LogP contribution in [0.3, 0.4) is 0 Å². The summed E-state index contributed by atoms with van der Waals surface area (Å²) in [7, 11) is 0. The molecule has 0 saturated carbocycles. The van der Waals surface area contributed by atoms with E-state index in [1.807, 2.05) is 18.4 Å². The molecule has 1 aromatic heterocycles. The summed E-state index contributed by atoms with van der Waals surface area (Å²) < 4.78 is 37.6. The Hall–Kier alpha value is -1.11. The van der Waals surface area contributed by atoms with Crippen LogP contribution in [0.5, 0.6) is 0 Å². The van der Waals surface area contributed by atoms with Crippen LogP contribution in [0.15, 0.2) is 0 Å². The Bertz CT molecular complexity index is 343. The van der Waals surface area contributed by atoms with Crippen molar-refractivity contribution < 1.29 is 13.2 Å². The van der Waals surface area contributed by atoms with Gasteiger partial charge in [-0.25, -0.2) is 0 Å². The molecule has 1 rings (SSSR count). The maximum absolute atomic E-state index is 11.9. The molecule has 1 heterocycles. The summed E-state index contributed by atoms with van der Waals surface area (Å²) in [6, 6.07) is 0.137. The molecule has 0 fully saturated rings. The molecular formula is C9H15F3N4. The number of nitrogens with one attached hydrogen (secondary N) is 1. The van der Waals surface area contributed by atoms with Gasteiger partial charge in [0.05, 0.1) is 13.1 Å². The van der Waals surface area contributed by atoms with Crippen LogP contribution < -0.4 is 5.32 Å². The molecule has 0 spiro atoms. The summed E-state index contributed by atoms with van der Waals surface area (Å²) in [5.74, 6) is 1.23. The highest BCUT2D eigenvalue weighted by Crippen LogP contribution is 2.14. The molecule has 16 heavy (non-hydrogen) atoms. The summed E-state index contributed by atoms with van der Waals surface area (Å²) in [5, 5.41) is 9.99. The summed E-state index contributed by atoms with van der Waals surface area (Å²) >= 11 is 0. The van der Waals surface area contributed by atoms with E-state index >= 15 is 0 Å². The van der Waals surface area contributed by atoms with Gasteiger partial charge in [0, 0.05) is 6.04 Å². The highest BCUT2D eigenvalue weighted by molar-refractivity contribution is 4.95. The van der Waals surface area contributed by atoms with Crippen LogP contribution in [-0.4, -0.2) is 27.5 Å². The van der Waals surface area contributed by atoms with Crippen molar-refractivity contribution in [3.63, 3.8) is 0 Å². The number of rotatable bonds is 4. The standard InChI is InChI=1S/C9H15F3N4/c1-6(2)16-7(3)14-15-8(16)4-13-5-9(10,11)12/h6,13H,4-5H2,1-3H3. The Labute approximate surface area is 91.9 Å². The molecule has 0 aromatic carbocycles. The number of hydrogen-bond donors (Lipinski definition) is 1. The van der Waals surface area contributed by atoms with Crippen LogP contribution in [-0.2, 0) is 6.54 Å². The first kappa shape index (κ1) is 13.0. The van der Waals surface area contributed by atoms with Gasteiger partial charge >= 0.3 is 6.18 Å². The van der Waals surface area contributed by atoms with Crippen LogP contribution in [0.1, 0.15) is 31.5 Å². The molecule has 1 N–H and O–H groups in total. The topological polar surface area (TPSA) is 42.7 Å². The summed E-state index contributed by atoms with van der Waals surface area (Å²) in [4.78, 5) is 0. The van der Waals surface area contributed by atoms with E-state index in [4.69, 9.17) is 0 Å². The Morgan fingerprint density at radius 1 is 1.31 bits per heavy atom. The molecule has 0 bridgehead atoms. The van der Waals surface area contributed by atoms with E-state index in [-0.39, 0.29) is 12.6 Å². The van der Waals surface area contributed by atoms with Crippen LogP contribution in [0.2, 0.25) is 0 Å². The molecule has 0 unspecified atom stereocenters. The SMILES string of the molecule is Cc1nnc(CNCC(F)(F)F)n1C(C)C. The molecule has 0 aliphatic rings. The van der Waals surface area contributed by atoms with E-state index in [9.17, 15) is 13.2 Å². The van der Waals surface area contributed by atoms with E-state index < -0.39 is 12.7 Å². The zero-order valence-electron chi connectivity index (χ0n) is 9.47. The quantitative estimate of drug-likeness (QED) is 0.867. The van der Waals surface area contributed by atoms with Gasteiger partial charge in [0.2, 0.25) is 0 Å². The first-order valence-electron chi connectivity index (χ1n) is 4.99. The molecule has 7 heteroatoms. The Balaban J connectivity index is 2.61. The van der Waals surface area contributed by atoms with Crippen LogP contribution in [0.4, 0.5) is 13.2 Å². The molecule has 0 atom stereocenters. The van der Waals surface area contributed by atoms with Gasteiger partial charge in [-0.3, -0.25) is 0 Å². The second kappa shape index (κ2) is 4.82. The van der Waals surface area contributed by atoms with Crippen molar-refractivity contribution in [1.29, 1.82) is 0 Å². The van der Waals surface area contributed by atoms with E-state index in [0.29, 0.717) is 11.6 Å². The molecule has 1 aromatic rings. The van der Waals surface area contributed by atoms with Gasteiger partial charge < -0.3 is 9.88 Å². The van der Waals surface area contributed by atoms with Crippen molar-refractivity contribution in [2.75, 3.05) is 6.54 Å². The third-order valence-electron chi connectivity index (χ3n) is 2.06. The van der Waals surface area contributed by atoms with Crippen molar-refractivity contribution in [1.82, 2.24) is 20.1 Å². The predicted molar refractivity (Wildman–Crippen MR) is 52.9 cm³/mol.